The lowest BCUT2D eigenvalue weighted by Gasteiger charge is -2.41. The van der Waals surface area contributed by atoms with E-state index in [1.807, 2.05) is 85.9 Å². The summed E-state index contributed by atoms with van der Waals surface area (Å²) in [5, 5.41) is 0. The van der Waals surface area contributed by atoms with Crippen LogP contribution in [0.3, 0.4) is 0 Å². The van der Waals surface area contributed by atoms with Gasteiger partial charge in [-0.3, -0.25) is 0 Å². The van der Waals surface area contributed by atoms with Crippen LogP contribution < -0.4 is 19.3 Å². The molecule has 0 amide bonds. The monoisotopic (exact) mass is 650 g/mol. The molecule has 0 saturated carbocycles. The van der Waals surface area contributed by atoms with Gasteiger partial charge in [-0.25, -0.2) is 9.59 Å². The summed E-state index contributed by atoms with van der Waals surface area (Å²) in [6, 6.07) is 30.9. The zero-order chi connectivity index (χ0) is 33.7. The molecular weight excluding hydrogens is 616 g/mol. The van der Waals surface area contributed by atoms with Crippen LogP contribution in [-0.4, -0.2) is 38.6 Å². The molecule has 9 rings (SSSR count). The fourth-order valence-electron chi connectivity index (χ4n) is 8.02. The average Bonchev–Trinajstić information content (AvgIpc) is 3.59. The highest BCUT2D eigenvalue weighted by molar-refractivity contribution is 5.98. The first kappa shape index (κ1) is 29.4. The van der Waals surface area contributed by atoms with Crippen molar-refractivity contribution in [2.45, 2.75) is 32.0 Å². The molecule has 4 aliphatic heterocycles. The first-order valence-corrected chi connectivity index (χ1v) is 16.8. The Kier molecular flexibility index (Phi) is 6.22. The molecule has 8 nitrogen and oxygen atoms in total. The van der Waals surface area contributed by atoms with Crippen molar-refractivity contribution in [2.24, 2.45) is 0 Å². The first-order chi connectivity index (χ1) is 23.8. The number of esters is 2. The third-order valence-corrected chi connectivity index (χ3v) is 10.6. The summed E-state index contributed by atoms with van der Waals surface area (Å²) in [5.41, 5.74) is 4.55. The summed E-state index contributed by atoms with van der Waals surface area (Å²) < 4.78 is 26.6. The Labute approximate surface area is 284 Å². The molecule has 2 atom stereocenters. The minimum absolute atomic E-state index is 0.409. The predicted molar refractivity (Wildman–Crippen MR) is 185 cm³/mol. The van der Waals surface area contributed by atoms with Crippen LogP contribution in [0.25, 0.3) is 0 Å². The van der Waals surface area contributed by atoms with Crippen molar-refractivity contribution in [2.75, 3.05) is 36.5 Å². The molecular formula is C41H34N2O6. The SMILES string of the molecule is CCN(C)c1ccc2c(c1)Oc1cc3c(cc1C21OC(=O)c2ccccc21)Oc1cc(N(CC)CC)ccc1C31OC(=O)c2ccccc21. The van der Waals surface area contributed by atoms with E-state index in [0.29, 0.717) is 45.3 Å². The van der Waals surface area contributed by atoms with Crippen molar-refractivity contribution in [1.82, 2.24) is 0 Å². The minimum Gasteiger partial charge on any atom is -0.456 e. The number of anilines is 2. The Bertz CT molecular complexity index is 2240. The molecule has 0 bridgehead atoms. The molecule has 5 aromatic rings. The van der Waals surface area contributed by atoms with Crippen LogP contribution in [0.15, 0.2) is 97.1 Å². The lowest BCUT2D eigenvalue weighted by molar-refractivity contribution is 0.0195. The number of hydrogen-bond acceptors (Lipinski definition) is 8. The van der Waals surface area contributed by atoms with Gasteiger partial charge in [0.1, 0.15) is 23.0 Å². The molecule has 0 N–H and O–H groups in total. The van der Waals surface area contributed by atoms with Gasteiger partial charge in [0.05, 0.1) is 22.3 Å². The van der Waals surface area contributed by atoms with E-state index in [1.165, 1.54) is 0 Å². The van der Waals surface area contributed by atoms with Crippen molar-refractivity contribution >= 4 is 23.3 Å². The number of benzene rings is 5. The second-order valence-electron chi connectivity index (χ2n) is 12.8. The third kappa shape index (κ3) is 3.80. The molecule has 0 fully saturated rings. The predicted octanol–water partition coefficient (Wildman–Crippen LogP) is 8.12. The quantitative estimate of drug-likeness (QED) is 0.177. The van der Waals surface area contributed by atoms with Gasteiger partial charge in [0.15, 0.2) is 11.2 Å². The number of carbonyl (C=O) groups excluding carboxylic acids is 2. The Hall–Kier alpha value is -5.76. The van der Waals surface area contributed by atoms with Gasteiger partial charge < -0.3 is 28.7 Å². The number of nitrogens with zero attached hydrogens (tertiary/aromatic N) is 2. The van der Waals surface area contributed by atoms with Crippen LogP contribution in [0.1, 0.15) is 74.9 Å². The molecule has 5 aromatic carbocycles. The highest BCUT2D eigenvalue weighted by Crippen LogP contribution is 2.62. The fourth-order valence-corrected chi connectivity index (χ4v) is 8.02. The van der Waals surface area contributed by atoms with Crippen molar-refractivity contribution < 1.29 is 28.5 Å². The highest BCUT2D eigenvalue weighted by Gasteiger charge is 2.57. The number of rotatable bonds is 5. The van der Waals surface area contributed by atoms with Gasteiger partial charge in [-0.05, 0) is 69.3 Å². The van der Waals surface area contributed by atoms with Gasteiger partial charge >= 0.3 is 11.9 Å². The Morgan fingerprint density at radius 3 is 1.45 bits per heavy atom. The number of carbonyl (C=O) groups is 2. The van der Waals surface area contributed by atoms with Crippen molar-refractivity contribution in [3.05, 3.63) is 142 Å². The van der Waals surface area contributed by atoms with E-state index < -0.39 is 23.1 Å². The smallest absolute Gasteiger partial charge is 0.340 e. The molecule has 49 heavy (non-hydrogen) atoms. The summed E-state index contributed by atoms with van der Waals surface area (Å²) in [6.07, 6.45) is 0. The van der Waals surface area contributed by atoms with E-state index in [0.717, 1.165) is 53.3 Å². The summed E-state index contributed by atoms with van der Waals surface area (Å²) in [7, 11) is 2.02. The van der Waals surface area contributed by atoms with Gasteiger partial charge in [0.2, 0.25) is 0 Å². The van der Waals surface area contributed by atoms with Gasteiger partial charge in [0, 0.05) is 72.4 Å². The third-order valence-electron chi connectivity index (χ3n) is 10.6. The van der Waals surface area contributed by atoms with Crippen LogP contribution in [0.2, 0.25) is 0 Å². The van der Waals surface area contributed by atoms with E-state index in [1.54, 1.807) is 12.1 Å². The topological polar surface area (TPSA) is 77.5 Å². The Morgan fingerprint density at radius 2 is 0.959 bits per heavy atom. The van der Waals surface area contributed by atoms with E-state index in [2.05, 4.69) is 36.6 Å². The van der Waals surface area contributed by atoms with Gasteiger partial charge in [-0.1, -0.05) is 36.4 Å². The lowest BCUT2D eigenvalue weighted by atomic mass is 9.74. The zero-order valence-electron chi connectivity index (χ0n) is 27.7. The van der Waals surface area contributed by atoms with Crippen LogP contribution in [0, 0.1) is 0 Å². The first-order valence-electron chi connectivity index (χ1n) is 16.8. The molecule has 4 aliphatic rings. The number of fused-ring (bicyclic) bond motifs is 12. The Morgan fingerprint density at radius 1 is 0.510 bits per heavy atom. The molecule has 0 saturated heterocycles. The maximum atomic E-state index is 13.6. The second kappa shape index (κ2) is 10.4. The van der Waals surface area contributed by atoms with E-state index in [-0.39, 0.29) is 0 Å². The van der Waals surface area contributed by atoms with E-state index >= 15 is 0 Å². The molecule has 0 aromatic heterocycles. The molecule has 0 radical (unpaired) electrons. The molecule has 8 heteroatoms. The number of hydrogen-bond donors (Lipinski definition) is 0. The zero-order valence-corrected chi connectivity index (χ0v) is 27.7. The van der Waals surface area contributed by atoms with Crippen LogP contribution >= 0.6 is 0 Å². The largest absolute Gasteiger partial charge is 0.456 e. The highest BCUT2D eigenvalue weighted by atomic mass is 16.6. The van der Waals surface area contributed by atoms with Gasteiger partial charge in [-0.2, -0.15) is 0 Å². The van der Waals surface area contributed by atoms with E-state index in [4.69, 9.17) is 18.9 Å². The maximum Gasteiger partial charge on any atom is 0.340 e. The number of ether oxygens (including phenoxy) is 4. The molecule has 244 valence electrons. The van der Waals surface area contributed by atoms with Crippen LogP contribution in [0.4, 0.5) is 11.4 Å². The summed E-state index contributed by atoms with van der Waals surface area (Å²) in [5.74, 6) is 1.32. The molecule has 4 heterocycles. The van der Waals surface area contributed by atoms with E-state index in [9.17, 15) is 9.59 Å². The maximum absolute atomic E-state index is 13.6. The molecule has 2 spiro atoms. The summed E-state index contributed by atoms with van der Waals surface area (Å²) in [4.78, 5) is 31.6. The van der Waals surface area contributed by atoms with Crippen molar-refractivity contribution in [3.63, 3.8) is 0 Å². The van der Waals surface area contributed by atoms with Crippen LogP contribution in [0.5, 0.6) is 23.0 Å². The van der Waals surface area contributed by atoms with Crippen LogP contribution in [-0.2, 0) is 20.7 Å². The van der Waals surface area contributed by atoms with Crippen molar-refractivity contribution in [1.29, 1.82) is 0 Å². The normalized spacial score (nSPS) is 20.2. The summed E-state index contributed by atoms with van der Waals surface area (Å²) >= 11 is 0. The Balaban J connectivity index is 1.34. The second-order valence-corrected chi connectivity index (χ2v) is 12.8. The molecule has 2 unspecified atom stereocenters. The van der Waals surface area contributed by atoms with Gasteiger partial charge in [0.25, 0.3) is 0 Å². The summed E-state index contributed by atoms with van der Waals surface area (Å²) in [6.45, 7) is 8.75. The minimum atomic E-state index is -1.29. The lowest BCUT2D eigenvalue weighted by Crippen LogP contribution is -2.36. The standard InChI is InChI=1S/C41H34N2O6/c1-5-42(4)24-16-18-30-34(20-24)46-36-22-33-37(23-32(36)40(30)28-14-10-8-12-26(28)38(44)48-40)47-35-21-25(43(6-2)7-3)17-19-31(35)41(33)29-15-11-9-13-27(29)39(45)49-41/h8-23H,5-7H2,1-4H3. The molecule has 0 aliphatic carbocycles. The fraction of sp³-hybridized carbons (Fsp3) is 0.220. The van der Waals surface area contributed by atoms with Gasteiger partial charge in [-0.15, -0.1) is 0 Å². The average molecular weight is 651 g/mol. The van der Waals surface area contributed by atoms with Crippen molar-refractivity contribution in [3.8, 4) is 23.0 Å².